The fraction of sp³-hybridized carbons (Fsp3) is 0.400. The van der Waals surface area contributed by atoms with Crippen LogP contribution in [-0.2, 0) is 13.0 Å². The Morgan fingerprint density at radius 1 is 1.03 bits per heavy atom. The lowest BCUT2D eigenvalue weighted by atomic mass is 10.2. The van der Waals surface area contributed by atoms with Crippen molar-refractivity contribution in [2.45, 2.75) is 26.3 Å². The van der Waals surface area contributed by atoms with Crippen molar-refractivity contribution >= 4 is 5.82 Å². The number of aromatic amines is 1. The number of hydrogen-bond acceptors (Lipinski definition) is 6. The molecule has 4 rings (SSSR count). The molecule has 0 radical (unpaired) electrons. The topological polar surface area (TPSA) is 77.2 Å². The van der Waals surface area contributed by atoms with E-state index >= 15 is 0 Å². The molecule has 3 aromatic rings. The third kappa shape index (κ3) is 6.24. The van der Waals surface area contributed by atoms with Gasteiger partial charge < -0.3 is 15.2 Å². The minimum Gasteiger partial charge on any atom is -0.370 e. The molecule has 168 valence electrons. The first-order chi connectivity index (χ1) is 15.7. The molecule has 0 aliphatic carbocycles. The summed E-state index contributed by atoms with van der Waals surface area (Å²) in [5, 5.41) is 3.40. The van der Waals surface area contributed by atoms with Crippen molar-refractivity contribution in [3.63, 3.8) is 0 Å². The minimum absolute atomic E-state index is 0.130. The SMILES string of the molecule is CCc1cc(=O)[nH]c(-c2ccc(NCCCN3CCN(Cc4ccccc4)CC3)nc2)n1. The van der Waals surface area contributed by atoms with E-state index in [1.165, 1.54) is 11.6 Å². The van der Waals surface area contributed by atoms with E-state index in [4.69, 9.17) is 0 Å². The molecule has 3 heterocycles. The van der Waals surface area contributed by atoms with E-state index in [9.17, 15) is 4.79 Å². The average Bonchev–Trinajstić information content (AvgIpc) is 2.83. The summed E-state index contributed by atoms with van der Waals surface area (Å²) in [6, 6.07) is 16.1. The van der Waals surface area contributed by atoms with E-state index in [0.717, 1.165) is 75.7 Å². The molecule has 32 heavy (non-hydrogen) atoms. The second-order valence-corrected chi connectivity index (χ2v) is 8.25. The fourth-order valence-electron chi connectivity index (χ4n) is 4.00. The highest BCUT2D eigenvalue weighted by atomic mass is 16.1. The second kappa shape index (κ2) is 11.0. The van der Waals surface area contributed by atoms with Crippen molar-refractivity contribution < 1.29 is 0 Å². The number of piperazine rings is 1. The number of benzene rings is 1. The maximum absolute atomic E-state index is 11.8. The highest BCUT2D eigenvalue weighted by Crippen LogP contribution is 2.15. The van der Waals surface area contributed by atoms with Gasteiger partial charge in [0.2, 0.25) is 0 Å². The van der Waals surface area contributed by atoms with E-state index in [0.29, 0.717) is 5.82 Å². The van der Waals surface area contributed by atoms with Crippen LogP contribution >= 0.6 is 0 Å². The van der Waals surface area contributed by atoms with Crippen LogP contribution in [0.2, 0.25) is 0 Å². The summed E-state index contributed by atoms with van der Waals surface area (Å²) in [5.74, 6) is 1.41. The highest BCUT2D eigenvalue weighted by Gasteiger charge is 2.16. The van der Waals surface area contributed by atoms with Crippen LogP contribution in [0.15, 0.2) is 59.5 Å². The van der Waals surface area contributed by atoms with Gasteiger partial charge in [-0.15, -0.1) is 0 Å². The molecule has 0 bridgehead atoms. The first kappa shape index (κ1) is 22.2. The summed E-state index contributed by atoms with van der Waals surface area (Å²) in [6.07, 6.45) is 3.56. The lowest BCUT2D eigenvalue weighted by Gasteiger charge is -2.34. The zero-order chi connectivity index (χ0) is 22.2. The third-order valence-corrected chi connectivity index (χ3v) is 5.87. The average molecular weight is 433 g/mol. The van der Waals surface area contributed by atoms with Crippen molar-refractivity contribution in [2.24, 2.45) is 0 Å². The Balaban J connectivity index is 1.17. The van der Waals surface area contributed by atoms with Crippen LogP contribution in [0.1, 0.15) is 24.6 Å². The number of H-pyrrole nitrogens is 1. The number of anilines is 1. The zero-order valence-electron chi connectivity index (χ0n) is 18.8. The summed E-state index contributed by atoms with van der Waals surface area (Å²) in [6.45, 7) is 9.52. The van der Waals surface area contributed by atoms with Gasteiger partial charge in [0.05, 0.1) is 0 Å². The molecule has 0 spiro atoms. The van der Waals surface area contributed by atoms with Crippen LogP contribution in [0.4, 0.5) is 5.82 Å². The Labute approximate surface area is 189 Å². The molecule has 1 aliphatic rings. The summed E-state index contributed by atoms with van der Waals surface area (Å²) in [4.78, 5) is 28.6. The summed E-state index contributed by atoms with van der Waals surface area (Å²) < 4.78 is 0. The standard InChI is InChI=1S/C25H32N6O/c1-2-22-17-24(32)29-25(28-22)21-9-10-23(27-18-21)26-11-6-12-30-13-15-31(16-14-30)19-20-7-4-3-5-8-20/h3-5,7-10,17-18H,2,6,11-16,19H2,1H3,(H,26,27)(H,28,29,32). The van der Waals surface area contributed by atoms with Crippen molar-refractivity contribution in [1.82, 2.24) is 24.8 Å². The van der Waals surface area contributed by atoms with Gasteiger partial charge in [-0.05, 0) is 37.1 Å². The maximum Gasteiger partial charge on any atom is 0.251 e. The van der Waals surface area contributed by atoms with Gasteiger partial charge in [0.25, 0.3) is 5.56 Å². The number of aromatic nitrogens is 3. The molecule has 1 aromatic carbocycles. The molecule has 0 saturated carbocycles. The Morgan fingerprint density at radius 2 is 1.81 bits per heavy atom. The van der Waals surface area contributed by atoms with Gasteiger partial charge in [-0.2, -0.15) is 0 Å². The van der Waals surface area contributed by atoms with E-state index < -0.39 is 0 Å². The normalized spacial score (nSPS) is 15.0. The molecular weight excluding hydrogens is 400 g/mol. The summed E-state index contributed by atoms with van der Waals surface area (Å²) >= 11 is 0. The maximum atomic E-state index is 11.8. The molecule has 0 atom stereocenters. The molecule has 2 aromatic heterocycles. The number of aryl methyl sites for hydroxylation is 1. The Kier molecular flexibility index (Phi) is 7.64. The Hall–Kier alpha value is -3.03. The van der Waals surface area contributed by atoms with Crippen LogP contribution in [0.5, 0.6) is 0 Å². The molecule has 1 saturated heterocycles. The van der Waals surface area contributed by atoms with E-state index in [2.05, 4.69) is 60.4 Å². The number of rotatable bonds is 9. The fourth-order valence-corrected chi connectivity index (χ4v) is 4.00. The van der Waals surface area contributed by atoms with Crippen LogP contribution in [0.25, 0.3) is 11.4 Å². The van der Waals surface area contributed by atoms with Gasteiger partial charge in [0.1, 0.15) is 11.6 Å². The number of nitrogens with one attached hydrogen (secondary N) is 2. The van der Waals surface area contributed by atoms with E-state index in [-0.39, 0.29) is 5.56 Å². The Morgan fingerprint density at radius 3 is 2.53 bits per heavy atom. The quantitative estimate of drug-likeness (QED) is 0.506. The lowest BCUT2D eigenvalue weighted by molar-refractivity contribution is 0.127. The van der Waals surface area contributed by atoms with E-state index in [1.54, 1.807) is 6.20 Å². The molecular formula is C25H32N6O. The minimum atomic E-state index is -0.130. The third-order valence-electron chi connectivity index (χ3n) is 5.87. The zero-order valence-corrected chi connectivity index (χ0v) is 18.8. The molecule has 0 unspecified atom stereocenters. The lowest BCUT2D eigenvalue weighted by Crippen LogP contribution is -2.46. The largest absolute Gasteiger partial charge is 0.370 e. The molecule has 2 N–H and O–H groups in total. The van der Waals surface area contributed by atoms with Crippen molar-refractivity contribution in [3.05, 3.63) is 76.3 Å². The van der Waals surface area contributed by atoms with Gasteiger partial charge in [-0.1, -0.05) is 37.3 Å². The highest BCUT2D eigenvalue weighted by molar-refractivity contribution is 5.55. The second-order valence-electron chi connectivity index (χ2n) is 8.25. The summed E-state index contributed by atoms with van der Waals surface area (Å²) in [5.41, 5.74) is 2.86. The van der Waals surface area contributed by atoms with Crippen molar-refractivity contribution in [1.29, 1.82) is 0 Å². The monoisotopic (exact) mass is 432 g/mol. The molecule has 1 fully saturated rings. The predicted octanol–water partition coefficient (Wildman–Crippen LogP) is 3.01. The van der Waals surface area contributed by atoms with Crippen LogP contribution in [0, 0.1) is 0 Å². The van der Waals surface area contributed by atoms with Crippen molar-refractivity contribution in [3.8, 4) is 11.4 Å². The first-order valence-corrected chi connectivity index (χ1v) is 11.5. The van der Waals surface area contributed by atoms with Gasteiger partial charge >= 0.3 is 0 Å². The molecule has 0 amide bonds. The molecule has 7 nitrogen and oxygen atoms in total. The summed E-state index contributed by atoms with van der Waals surface area (Å²) in [7, 11) is 0. The van der Waals surface area contributed by atoms with Gasteiger partial charge in [0, 0.05) is 62.8 Å². The van der Waals surface area contributed by atoms with E-state index in [1.807, 2.05) is 19.1 Å². The number of pyridine rings is 1. The smallest absolute Gasteiger partial charge is 0.251 e. The van der Waals surface area contributed by atoms with Gasteiger partial charge in [-0.25, -0.2) is 9.97 Å². The predicted molar refractivity (Wildman–Crippen MR) is 129 cm³/mol. The number of hydrogen-bond donors (Lipinski definition) is 2. The van der Waals surface area contributed by atoms with Crippen LogP contribution in [-0.4, -0.2) is 64.0 Å². The first-order valence-electron chi connectivity index (χ1n) is 11.5. The van der Waals surface area contributed by atoms with Gasteiger partial charge in [-0.3, -0.25) is 9.69 Å². The molecule has 1 aliphatic heterocycles. The van der Waals surface area contributed by atoms with Crippen molar-refractivity contribution in [2.75, 3.05) is 44.6 Å². The van der Waals surface area contributed by atoms with Crippen LogP contribution < -0.4 is 10.9 Å². The van der Waals surface area contributed by atoms with Crippen LogP contribution in [0.3, 0.4) is 0 Å². The van der Waals surface area contributed by atoms with Gasteiger partial charge in [0.15, 0.2) is 0 Å². The number of nitrogens with zero attached hydrogens (tertiary/aromatic N) is 4. The molecule has 7 heteroatoms. The Bertz CT molecular complexity index is 1030.